The Bertz CT molecular complexity index is 118. The lowest BCUT2D eigenvalue weighted by molar-refractivity contribution is 0.299. The minimum atomic E-state index is 0.472. The molecule has 0 aliphatic rings. The first-order valence-corrected chi connectivity index (χ1v) is 6.32. The van der Waals surface area contributed by atoms with Gasteiger partial charge in [0, 0.05) is 0 Å². The first-order valence-electron chi connectivity index (χ1n) is 6.32. The Morgan fingerprint density at radius 3 is 2.00 bits per heavy atom. The van der Waals surface area contributed by atoms with Crippen LogP contribution >= 0.6 is 0 Å². The van der Waals surface area contributed by atoms with Gasteiger partial charge in [0.2, 0.25) is 0 Å². The molecule has 0 aromatic rings. The van der Waals surface area contributed by atoms with E-state index in [1.165, 1.54) is 51.4 Å². The van der Waals surface area contributed by atoms with Crippen molar-refractivity contribution in [2.45, 2.75) is 72.1 Å². The average molecular weight is 199 g/mol. The third-order valence-electron chi connectivity index (χ3n) is 3.03. The van der Waals surface area contributed by atoms with Gasteiger partial charge in [-0.15, -0.1) is 0 Å². The predicted molar refractivity (Wildman–Crippen MR) is 65.4 cm³/mol. The minimum absolute atomic E-state index is 0.472. The van der Waals surface area contributed by atoms with Crippen molar-refractivity contribution in [3.05, 3.63) is 0 Å². The lowest BCUT2D eigenvalue weighted by atomic mass is 9.83. The van der Waals surface area contributed by atoms with Crippen molar-refractivity contribution in [3.63, 3.8) is 0 Å². The Morgan fingerprint density at radius 1 is 0.857 bits per heavy atom. The summed E-state index contributed by atoms with van der Waals surface area (Å²) in [5.41, 5.74) is 6.06. The van der Waals surface area contributed by atoms with E-state index in [1.54, 1.807) is 0 Å². The third kappa shape index (κ3) is 8.55. The molecular formula is C13H29N. The Balaban J connectivity index is 3.26. The van der Waals surface area contributed by atoms with Gasteiger partial charge in [0.05, 0.1) is 0 Å². The predicted octanol–water partition coefficient (Wildman–Crippen LogP) is 4.11. The summed E-state index contributed by atoms with van der Waals surface area (Å²) in [6.07, 6.45) is 10.9. The zero-order valence-corrected chi connectivity index (χ0v) is 10.4. The fraction of sp³-hybridized carbons (Fsp3) is 1.00. The van der Waals surface area contributed by atoms with E-state index in [2.05, 4.69) is 20.8 Å². The maximum atomic E-state index is 5.58. The normalized spacial score (nSPS) is 12.0. The Hall–Kier alpha value is -0.0400. The Morgan fingerprint density at radius 2 is 1.43 bits per heavy atom. The highest BCUT2D eigenvalue weighted by atomic mass is 14.5. The van der Waals surface area contributed by atoms with Crippen molar-refractivity contribution in [2.75, 3.05) is 6.54 Å². The molecule has 0 amide bonds. The second-order valence-electron chi connectivity index (χ2n) is 5.22. The van der Waals surface area contributed by atoms with Gasteiger partial charge in [-0.25, -0.2) is 0 Å². The molecule has 0 fully saturated rings. The number of hydrogen-bond donors (Lipinski definition) is 1. The molecule has 0 bridgehead atoms. The van der Waals surface area contributed by atoms with Crippen LogP contribution in [0, 0.1) is 5.41 Å². The molecule has 1 heteroatoms. The van der Waals surface area contributed by atoms with Gasteiger partial charge in [-0.3, -0.25) is 0 Å². The summed E-state index contributed by atoms with van der Waals surface area (Å²) in [7, 11) is 0. The summed E-state index contributed by atoms with van der Waals surface area (Å²) >= 11 is 0. The highest BCUT2D eigenvalue weighted by Crippen LogP contribution is 2.27. The first-order chi connectivity index (χ1) is 6.62. The summed E-state index contributed by atoms with van der Waals surface area (Å²) in [6.45, 7) is 7.78. The van der Waals surface area contributed by atoms with Crippen LogP contribution in [0.15, 0.2) is 0 Å². The number of nitrogens with two attached hydrogens (primary N) is 1. The van der Waals surface area contributed by atoms with E-state index in [1.807, 2.05) is 0 Å². The van der Waals surface area contributed by atoms with Crippen molar-refractivity contribution in [1.29, 1.82) is 0 Å². The maximum absolute atomic E-state index is 5.58. The monoisotopic (exact) mass is 199 g/mol. The number of unbranched alkanes of at least 4 members (excludes halogenated alkanes) is 5. The van der Waals surface area contributed by atoms with Crippen LogP contribution in [0.25, 0.3) is 0 Å². The zero-order chi connectivity index (χ0) is 10.9. The topological polar surface area (TPSA) is 26.0 Å². The van der Waals surface area contributed by atoms with Crippen molar-refractivity contribution >= 4 is 0 Å². The van der Waals surface area contributed by atoms with E-state index in [0.717, 1.165) is 6.54 Å². The number of hydrogen-bond acceptors (Lipinski definition) is 1. The lowest BCUT2D eigenvalue weighted by Crippen LogP contribution is -2.16. The summed E-state index contributed by atoms with van der Waals surface area (Å²) in [5, 5.41) is 0. The minimum Gasteiger partial charge on any atom is -0.330 e. The standard InChI is InChI=1S/C13H29N/c1-4-5-6-7-8-9-10-13(2,3)11-12-14/h4-12,14H2,1-3H3. The molecule has 0 spiro atoms. The summed E-state index contributed by atoms with van der Waals surface area (Å²) in [5.74, 6) is 0. The molecule has 14 heavy (non-hydrogen) atoms. The number of rotatable bonds is 9. The van der Waals surface area contributed by atoms with Crippen LogP contribution in [0.2, 0.25) is 0 Å². The molecule has 0 aromatic heterocycles. The van der Waals surface area contributed by atoms with Gasteiger partial charge in [-0.05, 0) is 24.8 Å². The van der Waals surface area contributed by atoms with Crippen LogP contribution in [0.1, 0.15) is 72.1 Å². The van der Waals surface area contributed by atoms with Crippen LogP contribution in [0.4, 0.5) is 0 Å². The van der Waals surface area contributed by atoms with Gasteiger partial charge in [0.15, 0.2) is 0 Å². The Labute approximate surface area is 90.5 Å². The molecular weight excluding hydrogens is 170 g/mol. The van der Waals surface area contributed by atoms with Gasteiger partial charge in [0.25, 0.3) is 0 Å². The van der Waals surface area contributed by atoms with Gasteiger partial charge in [0.1, 0.15) is 0 Å². The average Bonchev–Trinajstić information content (AvgIpc) is 2.11. The highest BCUT2D eigenvalue weighted by Gasteiger charge is 2.15. The van der Waals surface area contributed by atoms with Crippen LogP contribution in [-0.4, -0.2) is 6.54 Å². The second kappa shape index (κ2) is 8.28. The molecule has 0 aliphatic carbocycles. The summed E-state index contributed by atoms with van der Waals surface area (Å²) in [4.78, 5) is 0. The molecule has 86 valence electrons. The highest BCUT2D eigenvalue weighted by molar-refractivity contribution is 4.68. The largest absolute Gasteiger partial charge is 0.330 e. The molecule has 0 rings (SSSR count). The van der Waals surface area contributed by atoms with E-state index in [-0.39, 0.29) is 0 Å². The van der Waals surface area contributed by atoms with Crippen LogP contribution in [0.5, 0.6) is 0 Å². The first kappa shape index (κ1) is 14.0. The quantitative estimate of drug-likeness (QED) is 0.556. The molecule has 0 saturated heterocycles. The van der Waals surface area contributed by atoms with Crippen molar-refractivity contribution in [2.24, 2.45) is 11.1 Å². The molecule has 0 heterocycles. The van der Waals surface area contributed by atoms with E-state index in [4.69, 9.17) is 5.73 Å². The second-order valence-corrected chi connectivity index (χ2v) is 5.22. The van der Waals surface area contributed by atoms with E-state index < -0.39 is 0 Å². The Kier molecular flexibility index (Phi) is 8.26. The van der Waals surface area contributed by atoms with Gasteiger partial charge < -0.3 is 5.73 Å². The molecule has 0 saturated carbocycles. The van der Waals surface area contributed by atoms with E-state index in [9.17, 15) is 0 Å². The van der Waals surface area contributed by atoms with Crippen LogP contribution < -0.4 is 5.73 Å². The van der Waals surface area contributed by atoms with Crippen LogP contribution in [-0.2, 0) is 0 Å². The van der Waals surface area contributed by atoms with Crippen molar-refractivity contribution < 1.29 is 0 Å². The van der Waals surface area contributed by atoms with Crippen molar-refractivity contribution in [3.8, 4) is 0 Å². The molecule has 0 aromatic carbocycles. The third-order valence-corrected chi connectivity index (χ3v) is 3.03. The maximum Gasteiger partial charge on any atom is -0.00722 e. The molecule has 0 unspecified atom stereocenters. The lowest BCUT2D eigenvalue weighted by Gasteiger charge is -2.23. The molecule has 1 nitrogen and oxygen atoms in total. The smallest absolute Gasteiger partial charge is 0.00722 e. The van der Waals surface area contributed by atoms with E-state index in [0.29, 0.717) is 5.41 Å². The van der Waals surface area contributed by atoms with Crippen molar-refractivity contribution in [1.82, 2.24) is 0 Å². The van der Waals surface area contributed by atoms with E-state index >= 15 is 0 Å². The zero-order valence-electron chi connectivity index (χ0n) is 10.4. The van der Waals surface area contributed by atoms with Gasteiger partial charge >= 0.3 is 0 Å². The summed E-state index contributed by atoms with van der Waals surface area (Å²) in [6, 6.07) is 0. The molecule has 0 atom stereocenters. The van der Waals surface area contributed by atoms with Crippen LogP contribution in [0.3, 0.4) is 0 Å². The summed E-state index contributed by atoms with van der Waals surface area (Å²) < 4.78 is 0. The molecule has 0 aliphatic heterocycles. The SMILES string of the molecule is CCCCCCCCC(C)(C)CCN. The van der Waals surface area contributed by atoms with Gasteiger partial charge in [-0.1, -0.05) is 59.3 Å². The fourth-order valence-corrected chi connectivity index (χ4v) is 1.90. The van der Waals surface area contributed by atoms with Gasteiger partial charge in [-0.2, -0.15) is 0 Å². The molecule has 2 N–H and O–H groups in total. The molecule has 0 radical (unpaired) electrons. The fourth-order valence-electron chi connectivity index (χ4n) is 1.90.